The summed E-state index contributed by atoms with van der Waals surface area (Å²) < 4.78 is 10.7. The van der Waals surface area contributed by atoms with Crippen molar-refractivity contribution in [2.24, 2.45) is 0 Å². The highest BCUT2D eigenvalue weighted by atomic mass is 16.6. The number of ether oxygens (including phenoxy) is 2. The van der Waals surface area contributed by atoms with E-state index in [0.717, 1.165) is 141 Å². The lowest BCUT2D eigenvalue weighted by Gasteiger charge is -2.15. The van der Waals surface area contributed by atoms with Crippen molar-refractivity contribution in [2.45, 2.75) is 264 Å². The van der Waals surface area contributed by atoms with Crippen molar-refractivity contribution in [3.63, 3.8) is 0 Å². The standard InChI is InChI=1S/C73H116O5/c1-3-5-7-9-11-13-15-17-19-21-23-25-27-29-31-33-34-35-36-37-38-40-41-43-45-47-49-51-53-55-57-59-61-63-65-67-72(75)77-70-71(69-74)78-73(76)68-66-64-62-60-58-56-54-52-50-48-46-44-42-39-32-30-28-26-24-22-20-18-16-14-12-10-8-6-4-2/h5-8,11-14,17-20,23-26,29-32,34-35,42,44,48,50,54,56,71,74H,3-4,9-10,15-16,21-22,27-28,33,36-41,43,45-47,49,51-53,55,57-70H2,1-2H3/b7-5-,8-6-,13-11-,14-12-,19-17-,20-18-,25-23-,26-24-,31-29-,32-30-,35-34-,44-42-,50-48-,56-54-. The van der Waals surface area contributed by atoms with Gasteiger partial charge < -0.3 is 14.6 Å². The topological polar surface area (TPSA) is 72.8 Å². The number of hydrogen-bond donors (Lipinski definition) is 1. The van der Waals surface area contributed by atoms with E-state index in [1.54, 1.807) is 0 Å². The van der Waals surface area contributed by atoms with Crippen molar-refractivity contribution in [2.75, 3.05) is 13.2 Å². The largest absolute Gasteiger partial charge is 0.462 e. The molecule has 1 N–H and O–H groups in total. The Hall–Kier alpha value is -4.74. The molecule has 0 fully saturated rings. The van der Waals surface area contributed by atoms with Gasteiger partial charge in [-0.3, -0.25) is 9.59 Å². The average Bonchev–Trinajstić information content (AvgIpc) is 3.44. The van der Waals surface area contributed by atoms with Crippen LogP contribution < -0.4 is 0 Å². The van der Waals surface area contributed by atoms with Crippen LogP contribution in [-0.4, -0.2) is 36.4 Å². The summed E-state index contributed by atoms with van der Waals surface area (Å²) in [5, 5.41) is 9.68. The fourth-order valence-electron chi connectivity index (χ4n) is 8.34. The lowest BCUT2D eigenvalue weighted by molar-refractivity contribution is -0.161. The van der Waals surface area contributed by atoms with Gasteiger partial charge in [0.25, 0.3) is 0 Å². The SMILES string of the molecule is CC/C=C\C/C=C\C/C=C\C/C=C\C/C=C\C/C=C\C/C=C\C/C=C\CCCCCCC(=O)OC(CO)COC(=O)CCCCCCCCCCCCCCCCCC/C=C\C/C=C\C/C=C\C/C=C\C/C=C\C/C=C\CC. The van der Waals surface area contributed by atoms with Gasteiger partial charge in [0.2, 0.25) is 0 Å². The van der Waals surface area contributed by atoms with Crippen molar-refractivity contribution in [1.29, 1.82) is 0 Å². The number of carbonyl (C=O) groups is 2. The van der Waals surface area contributed by atoms with E-state index in [-0.39, 0.29) is 25.2 Å². The van der Waals surface area contributed by atoms with Crippen molar-refractivity contribution < 1.29 is 24.2 Å². The number of carbonyl (C=O) groups excluding carboxylic acids is 2. The molecule has 1 atom stereocenters. The molecule has 0 spiro atoms. The van der Waals surface area contributed by atoms with Crippen LogP contribution in [0.2, 0.25) is 0 Å². The Balaban J connectivity index is 3.58. The van der Waals surface area contributed by atoms with Crippen molar-refractivity contribution in [3.8, 4) is 0 Å². The van der Waals surface area contributed by atoms with Crippen LogP contribution in [0.15, 0.2) is 170 Å². The van der Waals surface area contributed by atoms with Crippen molar-refractivity contribution in [3.05, 3.63) is 170 Å². The summed E-state index contributed by atoms with van der Waals surface area (Å²) in [6.45, 7) is 3.89. The maximum absolute atomic E-state index is 12.3. The second-order valence-corrected chi connectivity index (χ2v) is 20.4. The number of aliphatic hydroxyl groups is 1. The molecule has 0 aromatic rings. The second-order valence-electron chi connectivity index (χ2n) is 20.4. The van der Waals surface area contributed by atoms with E-state index in [1.807, 2.05) is 0 Å². The van der Waals surface area contributed by atoms with E-state index in [0.29, 0.717) is 12.8 Å². The van der Waals surface area contributed by atoms with Gasteiger partial charge in [-0.2, -0.15) is 0 Å². The maximum atomic E-state index is 12.3. The zero-order valence-corrected chi connectivity index (χ0v) is 50.1. The van der Waals surface area contributed by atoms with Gasteiger partial charge in [0.15, 0.2) is 6.10 Å². The molecule has 0 aliphatic carbocycles. The van der Waals surface area contributed by atoms with Gasteiger partial charge in [-0.1, -0.05) is 287 Å². The predicted octanol–water partition coefficient (Wildman–Crippen LogP) is 22.1. The first-order valence-corrected chi connectivity index (χ1v) is 31.7. The van der Waals surface area contributed by atoms with Crippen LogP contribution >= 0.6 is 0 Å². The highest BCUT2D eigenvalue weighted by Crippen LogP contribution is 2.15. The van der Waals surface area contributed by atoms with Gasteiger partial charge >= 0.3 is 11.9 Å². The number of allylic oxidation sites excluding steroid dienone is 28. The Morgan fingerprint density at radius 3 is 0.769 bits per heavy atom. The average molecular weight is 1070 g/mol. The minimum absolute atomic E-state index is 0.0859. The summed E-state index contributed by atoms with van der Waals surface area (Å²) in [6.07, 6.45) is 103. The summed E-state index contributed by atoms with van der Waals surface area (Å²) in [6, 6.07) is 0. The first-order valence-electron chi connectivity index (χ1n) is 31.7. The summed E-state index contributed by atoms with van der Waals surface area (Å²) in [5.74, 6) is -0.627. The normalized spacial score (nSPS) is 13.4. The molecule has 5 nitrogen and oxygen atoms in total. The van der Waals surface area contributed by atoms with Crippen LogP contribution in [0.4, 0.5) is 0 Å². The number of rotatable bonds is 56. The summed E-state index contributed by atoms with van der Waals surface area (Å²) in [4.78, 5) is 24.6. The Morgan fingerprint density at radius 1 is 0.295 bits per heavy atom. The summed E-state index contributed by atoms with van der Waals surface area (Å²) in [5.41, 5.74) is 0. The van der Waals surface area contributed by atoms with Gasteiger partial charge in [-0.05, 0) is 128 Å². The van der Waals surface area contributed by atoms with E-state index in [4.69, 9.17) is 9.47 Å². The third-order valence-electron chi connectivity index (χ3n) is 13.0. The van der Waals surface area contributed by atoms with E-state index in [1.165, 1.54) is 89.9 Å². The summed E-state index contributed by atoms with van der Waals surface area (Å²) >= 11 is 0. The molecular formula is C73H116O5. The molecule has 1 unspecified atom stereocenters. The zero-order chi connectivity index (χ0) is 56.2. The molecular weight excluding hydrogens is 957 g/mol. The molecule has 438 valence electrons. The van der Waals surface area contributed by atoms with E-state index in [9.17, 15) is 14.7 Å². The molecule has 5 heteroatoms. The molecule has 0 heterocycles. The number of unbranched alkanes of at least 4 members (excludes halogenated alkanes) is 20. The lowest BCUT2D eigenvalue weighted by Crippen LogP contribution is -2.28. The fourth-order valence-corrected chi connectivity index (χ4v) is 8.34. The third kappa shape index (κ3) is 63.8. The smallest absolute Gasteiger partial charge is 0.306 e. The summed E-state index contributed by atoms with van der Waals surface area (Å²) in [7, 11) is 0. The number of esters is 2. The van der Waals surface area contributed by atoms with Gasteiger partial charge in [-0.15, -0.1) is 0 Å². The monoisotopic (exact) mass is 1070 g/mol. The molecule has 0 rings (SSSR count). The van der Waals surface area contributed by atoms with Crippen molar-refractivity contribution in [1.82, 2.24) is 0 Å². The van der Waals surface area contributed by atoms with Crippen molar-refractivity contribution >= 4 is 11.9 Å². The van der Waals surface area contributed by atoms with Gasteiger partial charge in [0.05, 0.1) is 6.61 Å². The molecule has 0 saturated heterocycles. The van der Waals surface area contributed by atoms with E-state index >= 15 is 0 Å². The minimum Gasteiger partial charge on any atom is -0.462 e. The first kappa shape index (κ1) is 73.3. The van der Waals surface area contributed by atoms with Crippen LogP contribution in [0, 0.1) is 0 Å². The minimum atomic E-state index is -0.799. The second kappa shape index (κ2) is 66.5. The molecule has 0 aromatic carbocycles. The Kier molecular flexibility index (Phi) is 62.5. The van der Waals surface area contributed by atoms with E-state index in [2.05, 4.69) is 184 Å². The third-order valence-corrected chi connectivity index (χ3v) is 13.0. The molecule has 0 aliphatic heterocycles. The Morgan fingerprint density at radius 2 is 0.513 bits per heavy atom. The van der Waals surface area contributed by atoms with Gasteiger partial charge in [-0.25, -0.2) is 0 Å². The molecule has 0 saturated carbocycles. The van der Waals surface area contributed by atoms with E-state index < -0.39 is 6.10 Å². The van der Waals surface area contributed by atoms with Crippen LogP contribution in [0.3, 0.4) is 0 Å². The van der Waals surface area contributed by atoms with Gasteiger partial charge in [0.1, 0.15) is 6.61 Å². The quantitative estimate of drug-likeness (QED) is 0.0373. The molecule has 0 aliphatic rings. The highest BCUT2D eigenvalue weighted by molar-refractivity contribution is 5.70. The van der Waals surface area contributed by atoms with Crippen LogP contribution in [0.1, 0.15) is 258 Å². The van der Waals surface area contributed by atoms with Gasteiger partial charge in [0, 0.05) is 12.8 Å². The fraction of sp³-hybridized carbons (Fsp3) is 0.589. The zero-order valence-electron chi connectivity index (χ0n) is 50.1. The Labute approximate surface area is 481 Å². The number of aliphatic hydroxyl groups excluding tert-OH is 1. The molecule has 0 aromatic heterocycles. The Bertz CT molecular complexity index is 1740. The predicted molar refractivity (Wildman–Crippen MR) is 343 cm³/mol. The number of hydrogen-bond acceptors (Lipinski definition) is 5. The molecule has 0 bridgehead atoms. The lowest BCUT2D eigenvalue weighted by atomic mass is 10.0. The molecule has 0 radical (unpaired) electrons. The molecule has 0 amide bonds. The maximum Gasteiger partial charge on any atom is 0.306 e. The van der Waals surface area contributed by atoms with Crippen LogP contribution in [-0.2, 0) is 19.1 Å². The van der Waals surface area contributed by atoms with Crippen LogP contribution in [0.25, 0.3) is 0 Å². The molecule has 78 heavy (non-hydrogen) atoms. The highest BCUT2D eigenvalue weighted by Gasteiger charge is 2.16. The first-order chi connectivity index (χ1) is 38.6. The van der Waals surface area contributed by atoms with Crippen LogP contribution in [0.5, 0.6) is 0 Å².